The number of aromatic nitrogens is 1. The number of nitrogens with one attached hydrogen (secondary N) is 1. The van der Waals surface area contributed by atoms with Gasteiger partial charge < -0.3 is 14.6 Å². The van der Waals surface area contributed by atoms with Crippen molar-refractivity contribution < 1.29 is 9.53 Å². The molecule has 1 aromatic heterocycles. The standard InChI is InChI=1S/C31H30N2O2/c1-3-35-31(34)29-20(2)33-18-17-25-24-11-7-8-12-27(24)32-30(25)28(33)19-26(29)23-15-13-22(14-16-23)21-9-5-4-6-10-21/h4-16,26,28,32H,3,17-19H2,1-2H3/t26-,28-/m1/s1. The molecular formula is C31H30N2O2. The van der Waals surface area contributed by atoms with Gasteiger partial charge in [-0.25, -0.2) is 4.79 Å². The molecule has 0 saturated carbocycles. The Labute approximate surface area is 206 Å². The van der Waals surface area contributed by atoms with Crippen LogP contribution in [-0.2, 0) is 16.0 Å². The lowest BCUT2D eigenvalue weighted by atomic mass is 9.77. The molecule has 2 aliphatic heterocycles. The van der Waals surface area contributed by atoms with E-state index in [1.165, 1.54) is 33.3 Å². The Kier molecular flexibility index (Phi) is 5.44. The number of aromatic amines is 1. The maximum atomic E-state index is 13.2. The maximum absolute atomic E-state index is 13.2. The van der Waals surface area contributed by atoms with Crippen LogP contribution in [0.15, 0.2) is 90.1 Å². The second-order valence-corrected chi connectivity index (χ2v) is 9.52. The van der Waals surface area contributed by atoms with Gasteiger partial charge in [-0.2, -0.15) is 0 Å². The second kappa shape index (κ2) is 8.77. The molecule has 0 unspecified atom stereocenters. The van der Waals surface area contributed by atoms with Gasteiger partial charge in [-0.05, 0) is 55.0 Å². The Balaban J connectivity index is 1.43. The molecule has 4 nitrogen and oxygen atoms in total. The molecule has 1 N–H and O–H groups in total. The normalized spacial score (nSPS) is 19.4. The minimum atomic E-state index is -0.192. The number of esters is 1. The quantitative estimate of drug-likeness (QED) is 0.341. The number of carbonyl (C=O) groups is 1. The molecule has 2 atom stereocenters. The Hall–Kier alpha value is -3.79. The number of H-pyrrole nitrogens is 1. The SMILES string of the molecule is CCOC(=O)C1=C(C)N2CCc3c([nH]c4ccccc34)[C@H]2C[C@@H]1c1ccc(-c2ccccc2)cc1. The third-order valence-corrected chi connectivity index (χ3v) is 7.70. The van der Waals surface area contributed by atoms with Crippen molar-refractivity contribution in [2.24, 2.45) is 0 Å². The van der Waals surface area contributed by atoms with Crippen molar-refractivity contribution in [3.8, 4) is 11.1 Å². The molecule has 3 aromatic carbocycles. The van der Waals surface area contributed by atoms with E-state index >= 15 is 0 Å². The van der Waals surface area contributed by atoms with Crippen LogP contribution >= 0.6 is 0 Å². The van der Waals surface area contributed by atoms with Crippen LogP contribution in [0, 0.1) is 0 Å². The zero-order valence-electron chi connectivity index (χ0n) is 20.3. The summed E-state index contributed by atoms with van der Waals surface area (Å²) in [6.07, 6.45) is 1.82. The van der Waals surface area contributed by atoms with E-state index in [0.717, 1.165) is 36.2 Å². The number of fused-ring (bicyclic) bond motifs is 5. The first-order valence-electron chi connectivity index (χ1n) is 12.5. The molecule has 6 rings (SSSR count). The van der Waals surface area contributed by atoms with Crippen molar-refractivity contribution in [3.63, 3.8) is 0 Å². The molecule has 0 spiro atoms. The largest absolute Gasteiger partial charge is 0.463 e. The Morgan fingerprint density at radius 2 is 1.69 bits per heavy atom. The lowest BCUT2D eigenvalue weighted by Gasteiger charge is -2.45. The van der Waals surface area contributed by atoms with Crippen LogP contribution in [0.5, 0.6) is 0 Å². The monoisotopic (exact) mass is 462 g/mol. The number of allylic oxidation sites excluding steroid dienone is 1. The lowest BCUT2D eigenvalue weighted by molar-refractivity contribution is -0.139. The van der Waals surface area contributed by atoms with Gasteiger partial charge in [0.15, 0.2) is 0 Å². The van der Waals surface area contributed by atoms with Gasteiger partial charge in [-0.15, -0.1) is 0 Å². The highest BCUT2D eigenvalue weighted by atomic mass is 16.5. The zero-order chi connectivity index (χ0) is 23.9. The fourth-order valence-corrected chi connectivity index (χ4v) is 6.05. The molecule has 4 aromatic rings. The molecule has 176 valence electrons. The second-order valence-electron chi connectivity index (χ2n) is 9.52. The molecule has 0 saturated heterocycles. The van der Waals surface area contributed by atoms with Gasteiger partial charge in [0, 0.05) is 34.8 Å². The van der Waals surface area contributed by atoms with Gasteiger partial charge in [-0.1, -0.05) is 72.8 Å². The van der Waals surface area contributed by atoms with Crippen molar-refractivity contribution in [1.82, 2.24) is 9.88 Å². The van der Waals surface area contributed by atoms with Crippen molar-refractivity contribution in [1.29, 1.82) is 0 Å². The molecule has 0 bridgehead atoms. The molecule has 4 heteroatoms. The average Bonchev–Trinajstić information content (AvgIpc) is 3.28. The lowest BCUT2D eigenvalue weighted by Crippen LogP contribution is -2.40. The number of rotatable bonds is 4. The molecule has 0 fully saturated rings. The summed E-state index contributed by atoms with van der Waals surface area (Å²) < 4.78 is 5.56. The van der Waals surface area contributed by atoms with Crippen LogP contribution < -0.4 is 0 Å². The highest BCUT2D eigenvalue weighted by Gasteiger charge is 2.41. The third-order valence-electron chi connectivity index (χ3n) is 7.70. The van der Waals surface area contributed by atoms with Crippen LogP contribution in [0.4, 0.5) is 0 Å². The molecule has 0 aliphatic carbocycles. The van der Waals surface area contributed by atoms with Crippen LogP contribution in [-0.4, -0.2) is 29.0 Å². The van der Waals surface area contributed by atoms with E-state index in [1.807, 2.05) is 13.0 Å². The smallest absolute Gasteiger partial charge is 0.336 e. The van der Waals surface area contributed by atoms with E-state index in [2.05, 4.69) is 89.6 Å². The van der Waals surface area contributed by atoms with E-state index in [1.54, 1.807) is 0 Å². The van der Waals surface area contributed by atoms with E-state index in [4.69, 9.17) is 4.74 Å². The van der Waals surface area contributed by atoms with Crippen molar-refractivity contribution in [2.75, 3.05) is 13.2 Å². The van der Waals surface area contributed by atoms with Crippen molar-refractivity contribution in [2.45, 2.75) is 38.6 Å². The topological polar surface area (TPSA) is 45.3 Å². The number of para-hydroxylation sites is 1. The van der Waals surface area contributed by atoms with E-state index in [-0.39, 0.29) is 17.9 Å². The fourth-order valence-electron chi connectivity index (χ4n) is 6.05. The summed E-state index contributed by atoms with van der Waals surface area (Å²) in [6, 6.07) is 27.9. The predicted octanol–water partition coefficient (Wildman–Crippen LogP) is 6.76. The molecule has 0 amide bonds. The number of ether oxygens (including phenoxy) is 1. The molecule has 35 heavy (non-hydrogen) atoms. The molecule has 0 radical (unpaired) electrons. The predicted molar refractivity (Wildman–Crippen MR) is 140 cm³/mol. The molecule has 2 aliphatic rings. The van der Waals surface area contributed by atoms with Gasteiger partial charge in [0.05, 0.1) is 18.2 Å². The highest BCUT2D eigenvalue weighted by molar-refractivity contribution is 5.92. The van der Waals surface area contributed by atoms with Crippen molar-refractivity contribution in [3.05, 3.63) is 107 Å². The minimum absolute atomic E-state index is 0.0162. The zero-order valence-corrected chi connectivity index (χ0v) is 20.3. The van der Waals surface area contributed by atoms with E-state index in [9.17, 15) is 4.79 Å². The fraction of sp³-hybridized carbons (Fsp3) is 0.258. The summed E-state index contributed by atoms with van der Waals surface area (Å²) in [5.74, 6) is -0.208. The Bertz CT molecular complexity index is 1420. The van der Waals surface area contributed by atoms with E-state index < -0.39 is 0 Å². The Morgan fingerprint density at radius 3 is 2.46 bits per heavy atom. The first-order chi connectivity index (χ1) is 17.2. The minimum Gasteiger partial charge on any atom is -0.463 e. The summed E-state index contributed by atoms with van der Waals surface area (Å²) in [4.78, 5) is 19.4. The summed E-state index contributed by atoms with van der Waals surface area (Å²) >= 11 is 0. The summed E-state index contributed by atoms with van der Waals surface area (Å²) in [6.45, 7) is 5.26. The number of hydrogen-bond donors (Lipinski definition) is 1. The summed E-state index contributed by atoms with van der Waals surface area (Å²) in [7, 11) is 0. The van der Waals surface area contributed by atoms with Crippen molar-refractivity contribution >= 4 is 16.9 Å². The van der Waals surface area contributed by atoms with Gasteiger partial charge in [0.25, 0.3) is 0 Å². The number of nitrogens with zero attached hydrogens (tertiary/aromatic N) is 1. The summed E-state index contributed by atoms with van der Waals surface area (Å²) in [5, 5.41) is 1.32. The first-order valence-corrected chi connectivity index (χ1v) is 12.5. The number of benzene rings is 3. The van der Waals surface area contributed by atoms with Crippen LogP contribution in [0.25, 0.3) is 22.0 Å². The number of carbonyl (C=O) groups excluding carboxylic acids is 1. The maximum Gasteiger partial charge on any atom is 0.336 e. The van der Waals surface area contributed by atoms with Crippen LogP contribution in [0.2, 0.25) is 0 Å². The van der Waals surface area contributed by atoms with Gasteiger partial charge in [0.2, 0.25) is 0 Å². The van der Waals surface area contributed by atoms with Gasteiger partial charge in [-0.3, -0.25) is 0 Å². The third kappa shape index (κ3) is 3.65. The Morgan fingerprint density at radius 1 is 0.971 bits per heavy atom. The average molecular weight is 463 g/mol. The van der Waals surface area contributed by atoms with Gasteiger partial charge >= 0.3 is 5.97 Å². The molecule has 3 heterocycles. The van der Waals surface area contributed by atoms with Crippen LogP contribution in [0.1, 0.15) is 49.0 Å². The van der Waals surface area contributed by atoms with Crippen LogP contribution in [0.3, 0.4) is 0 Å². The number of hydrogen-bond acceptors (Lipinski definition) is 3. The highest BCUT2D eigenvalue weighted by Crippen LogP contribution is 2.48. The molecular weight excluding hydrogens is 432 g/mol. The summed E-state index contributed by atoms with van der Waals surface area (Å²) in [5.41, 5.74) is 9.30. The van der Waals surface area contributed by atoms with E-state index in [0.29, 0.717) is 6.61 Å². The van der Waals surface area contributed by atoms with Gasteiger partial charge in [0.1, 0.15) is 0 Å². The first kappa shape index (κ1) is 21.7.